The normalized spacial score (nSPS) is 11.8. The highest BCUT2D eigenvalue weighted by Crippen LogP contribution is 2.25. The lowest BCUT2D eigenvalue weighted by Gasteiger charge is -2.16. The third-order valence-corrected chi connectivity index (χ3v) is 4.08. The summed E-state index contributed by atoms with van der Waals surface area (Å²) in [6.07, 6.45) is 0.146. The van der Waals surface area contributed by atoms with Crippen molar-refractivity contribution < 1.29 is 9.53 Å². The molecule has 1 amide bonds. The molecule has 0 aliphatic carbocycles. The lowest BCUT2D eigenvalue weighted by molar-refractivity contribution is -0.121. The molecule has 0 heterocycles. The van der Waals surface area contributed by atoms with Crippen LogP contribution in [0.2, 0.25) is 10.0 Å². The average molecular weight is 338 g/mol. The number of halogens is 2. The number of hydrogen-bond acceptors (Lipinski definition) is 2. The number of benzene rings is 2. The van der Waals surface area contributed by atoms with Crippen molar-refractivity contribution >= 4 is 29.1 Å². The maximum absolute atomic E-state index is 12.2. The summed E-state index contributed by atoms with van der Waals surface area (Å²) in [6.45, 7) is 1.92. The van der Waals surface area contributed by atoms with Crippen LogP contribution in [-0.4, -0.2) is 13.0 Å². The van der Waals surface area contributed by atoms with E-state index in [2.05, 4.69) is 5.32 Å². The summed E-state index contributed by atoms with van der Waals surface area (Å²) in [5.74, 6) is 0.623. The van der Waals surface area contributed by atoms with Gasteiger partial charge in [-0.25, -0.2) is 0 Å². The number of rotatable bonds is 5. The lowest BCUT2D eigenvalue weighted by Crippen LogP contribution is -2.28. The highest BCUT2D eigenvalue weighted by Gasteiger charge is 2.14. The standard InChI is InChI=1S/C17H17Cl2NO2/c1-11(12-5-3-6-13(9-12)22-2)20-17(21)10-14-15(18)7-4-8-16(14)19/h3-9,11H,10H2,1-2H3,(H,20,21)/t11-/m1/s1. The Hall–Kier alpha value is -1.71. The molecular weight excluding hydrogens is 321 g/mol. The average Bonchev–Trinajstić information content (AvgIpc) is 2.51. The molecule has 0 aliphatic heterocycles. The van der Waals surface area contributed by atoms with Crippen molar-refractivity contribution in [1.29, 1.82) is 0 Å². The largest absolute Gasteiger partial charge is 0.497 e. The van der Waals surface area contributed by atoms with Crippen LogP contribution < -0.4 is 10.1 Å². The highest BCUT2D eigenvalue weighted by molar-refractivity contribution is 6.36. The SMILES string of the molecule is COc1cccc([C@@H](C)NC(=O)Cc2c(Cl)cccc2Cl)c1. The van der Waals surface area contributed by atoms with Gasteiger partial charge in [-0.15, -0.1) is 0 Å². The number of hydrogen-bond donors (Lipinski definition) is 1. The van der Waals surface area contributed by atoms with Crippen LogP contribution in [0, 0.1) is 0 Å². The molecule has 2 aromatic carbocycles. The zero-order valence-corrected chi connectivity index (χ0v) is 13.9. The smallest absolute Gasteiger partial charge is 0.225 e. The Morgan fingerprint density at radius 3 is 2.45 bits per heavy atom. The molecular formula is C17H17Cl2NO2. The summed E-state index contributed by atoms with van der Waals surface area (Å²) in [5.41, 5.74) is 1.61. The maximum Gasteiger partial charge on any atom is 0.225 e. The van der Waals surface area contributed by atoms with Crippen LogP contribution >= 0.6 is 23.2 Å². The Kier molecular flexibility index (Phi) is 5.69. The molecule has 0 aliphatic rings. The van der Waals surface area contributed by atoms with E-state index in [1.165, 1.54) is 0 Å². The van der Waals surface area contributed by atoms with Gasteiger partial charge in [0, 0.05) is 10.0 Å². The summed E-state index contributed by atoms with van der Waals surface area (Å²) in [5, 5.41) is 3.93. The molecule has 22 heavy (non-hydrogen) atoms. The van der Waals surface area contributed by atoms with Gasteiger partial charge in [0.05, 0.1) is 19.6 Å². The van der Waals surface area contributed by atoms with Gasteiger partial charge in [0.2, 0.25) is 5.91 Å². The van der Waals surface area contributed by atoms with Gasteiger partial charge < -0.3 is 10.1 Å². The zero-order valence-electron chi connectivity index (χ0n) is 12.4. The third-order valence-electron chi connectivity index (χ3n) is 3.37. The molecule has 116 valence electrons. The fourth-order valence-corrected chi connectivity index (χ4v) is 2.68. The van der Waals surface area contributed by atoms with Crippen LogP contribution in [0.15, 0.2) is 42.5 Å². The third kappa shape index (κ3) is 4.15. The van der Waals surface area contributed by atoms with Crippen molar-refractivity contribution in [3.63, 3.8) is 0 Å². The van der Waals surface area contributed by atoms with Crippen LogP contribution in [0.4, 0.5) is 0 Å². The number of ether oxygens (including phenoxy) is 1. The van der Waals surface area contributed by atoms with Gasteiger partial charge in [-0.2, -0.15) is 0 Å². The first kappa shape index (κ1) is 16.7. The molecule has 0 radical (unpaired) electrons. The number of methoxy groups -OCH3 is 1. The van der Waals surface area contributed by atoms with E-state index >= 15 is 0 Å². The van der Waals surface area contributed by atoms with Crippen molar-refractivity contribution in [1.82, 2.24) is 5.32 Å². The summed E-state index contributed by atoms with van der Waals surface area (Å²) < 4.78 is 5.19. The molecule has 3 nitrogen and oxygen atoms in total. The van der Waals surface area contributed by atoms with E-state index in [0.717, 1.165) is 11.3 Å². The first-order chi connectivity index (χ1) is 10.5. The van der Waals surface area contributed by atoms with E-state index in [1.807, 2.05) is 31.2 Å². The van der Waals surface area contributed by atoms with E-state index in [4.69, 9.17) is 27.9 Å². The van der Waals surface area contributed by atoms with Gasteiger partial charge in [-0.05, 0) is 42.3 Å². The predicted molar refractivity (Wildman–Crippen MR) is 89.7 cm³/mol. The molecule has 5 heteroatoms. The first-order valence-electron chi connectivity index (χ1n) is 6.87. The minimum Gasteiger partial charge on any atom is -0.497 e. The van der Waals surface area contributed by atoms with Gasteiger partial charge >= 0.3 is 0 Å². The van der Waals surface area contributed by atoms with Crippen LogP contribution in [-0.2, 0) is 11.2 Å². The zero-order chi connectivity index (χ0) is 16.1. The van der Waals surface area contributed by atoms with Crippen molar-refractivity contribution in [2.45, 2.75) is 19.4 Å². The fourth-order valence-electron chi connectivity index (χ4n) is 2.15. The van der Waals surface area contributed by atoms with Crippen LogP contribution in [0.3, 0.4) is 0 Å². The lowest BCUT2D eigenvalue weighted by atomic mass is 10.1. The van der Waals surface area contributed by atoms with Crippen LogP contribution in [0.1, 0.15) is 24.1 Å². The molecule has 0 bridgehead atoms. The van der Waals surface area contributed by atoms with Gasteiger partial charge in [-0.1, -0.05) is 41.4 Å². The number of amides is 1. The number of carbonyl (C=O) groups excluding carboxylic acids is 1. The summed E-state index contributed by atoms with van der Waals surface area (Å²) >= 11 is 12.2. The monoisotopic (exact) mass is 337 g/mol. The Morgan fingerprint density at radius 2 is 1.82 bits per heavy atom. The van der Waals surface area contributed by atoms with Gasteiger partial charge in [0.25, 0.3) is 0 Å². The van der Waals surface area contributed by atoms with Gasteiger partial charge in [0.15, 0.2) is 0 Å². The molecule has 1 N–H and O–H groups in total. The van der Waals surface area contributed by atoms with Crippen LogP contribution in [0.25, 0.3) is 0 Å². The molecule has 2 rings (SSSR count). The second kappa shape index (κ2) is 7.52. The topological polar surface area (TPSA) is 38.3 Å². The second-order valence-electron chi connectivity index (χ2n) is 4.94. The highest BCUT2D eigenvalue weighted by atomic mass is 35.5. The van der Waals surface area contributed by atoms with E-state index in [9.17, 15) is 4.79 Å². The van der Waals surface area contributed by atoms with Gasteiger partial charge in [0.1, 0.15) is 5.75 Å². The quantitative estimate of drug-likeness (QED) is 0.876. The summed E-state index contributed by atoms with van der Waals surface area (Å²) in [7, 11) is 1.61. The minimum atomic E-state index is -0.135. The second-order valence-corrected chi connectivity index (χ2v) is 5.76. The Morgan fingerprint density at radius 1 is 1.18 bits per heavy atom. The Balaban J connectivity index is 2.05. The predicted octanol–water partition coefficient (Wildman–Crippen LogP) is 4.42. The summed E-state index contributed by atoms with van der Waals surface area (Å²) in [6, 6.07) is 12.7. The first-order valence-corrected chi connectivity index (χ1v) is 7.63. The Bertz CT molecular complexity index is 653. The minimum absolute atomic E-state index is 0.134. The number of nitrogens with one attached hydrogen (secondary N) is 1. The number of carbonyl (C=O) groups is 1. The van der Waals surface area contributed by atoms with E-state index < -0.39 is 0 Å². The molecule has 0 aromatic heterocycles. The van der Waals surface area contributed by atoms with Crippen molar-refractivity contribution in [3.05, 3.63) is 63.6 Å². The summed E-state index contributed by atoms with van der Waals surface area (Å²) in [4.78, 5) is 12.2. The van der Waals surface area contributed by atoms with Crippen molar-refractivity contribution in [3.8, 4) is 5.75 Å². The van der Waals surface area contributed by atoms with E-state index in [0.29, 0.717) is 15.6 Å². The van der Waals surface area contributed by atoms with E-state index in [1.54, 1.807) is 25.3 Å². The van der Waals surface area contributed by atoms with E-state index in [-0.39, 0.29) is 18.4 Å². The fraction of sp³-hybridized carbons (Fsp3) is 0.235. The van der Waals surface area contributed by atoms with Crippen molar-refractivity contribution in [2.24, 2.45) is 0 Å². The maximum atomic E-state index is 12.2. The molecule has 0 unspecified atom stereocenters. The molecule has 2 aromatic rings. The molecule has 0 fully saturated rings. The molecule has 0 spiro atoms. The molecule has 1 atom stereocenters. The van der Waals surface area contributed by atoms with Crippen molar-refractivity contribution in [2.75, 3.05) is 7.11 Å². The van der Waals surface area contributed by atoms with Crippen LogP contribution in [0.5, 0.6) is 5.75 Å². The molecule has 0 saturated carbocycles. The Labute approximate surface area is 140 Å². The van der Waals surface area contributed by atoms with Gasteiger partial charge in [-0.3, -0.25) is 4.79 Å². The molecule has 0 saturated heterocycles.